The molecule has 10 aliphatic heterocycles. The minimum absolute atomic E-state index is 0.0366. The fraction of sp³-hybridized carbons (Fsp3) is 0.450. The Hall–Kier alpha value is -11.4. The molecule has 5 N–H and O–H groups in total. The van der Waals surface area contributed by atoms with Crippen LogP contribution in [0.1, 0.15) is 118 Å². The number of nitrogens with zero attached hydrogens (tertiary/aromatic N) is 15. The van der Waals surface area contributed by atoms with Crippen LogP contribution < -0.4 is 30.7 Å². The van der Waals surface area contributed by atoms with Gasteiger partial charge in [-0.1, -0.05) is 0 Å². The largest absolute Gasteiger partial charge is 0.371 e. The number of nitro benzene ring substituents is 2. The van der Waals surface area contributed by atoms with Crippen molar-refractivity contribution in [3.05, 3.63) is 158 Å². The van der Waals surface area contributed by atoms with Crippen molar-refractivity contribution in [2.24, 2.45) is 11.8 Å². The standard InChI is InChI=1S/C40H44N10O6.C27H36N8O2.C13H9FN2O4/c51-36-6-5-34(38(52)42-36)49-39(53)30-3-1-28(22-31(30)40(49)54)47-15-10-27(11-16-47)46-13-8-25(9-14-46)24-45-17-19-48(20-18-45)35-21-26(7-12-41-35)37-32-23-29(50(55)56)2-4-33(32)43-44-37;36-35(37)23-1-2-25-24(18-23)27(31-30-25)21-3-10-29-26(17-21)34-15-13-32(14-16-34)19-20-6-11-33(12-7-20)22-4-8-28-9-5-22;14-6-1-2-7-8(5-6)13(20)16(12(7)19)9-3-4-10(17)15-11(9)18/h1-4,7,12,21-23,25,27,34H,5-6,8-11,13-20,24H2,(H,43,44)(H,42,51,52);1-3,10,17-18,20,22,28H,4-9,11-16,19H2,(H,30,31);1-2,5,9H,3-4H2,(H,15,17,18). The third kappa shape index (κ3) is 16.1. The van der Waals surface area contributed by atoms with Crippen molar-refractivity contribution in [3.8, 4) is 22.5 Å². The van der Waals surface area contributed by atoms with Gasteiger partial charge in [0.05, 0.1) is 43.1 Å². The van der Waals surface area contributed by atoms with E-state index in [1.54, 1.807) is 42.6 Å². The van der Waals surface area contributed by atoms with E-state index in [-0.39, 0.29) is 63.9 Å². The fourth-order valence-electron chi connectivity index (χ4n) is 18.0. The minimum Gasteiger partial charge on any atom is -0.371 e. The van der Waals surface area contributed by atoms with Gasteiger partial charge in [-0.25, -0.2) is 14.4 Å². The molecule has 8 saturated heterocycles. The number of halogens is 1. The molecule has 2 atom stereocenters. The van der Waals surface area contributed by atoms with Gasteiger partial charge in [0.2, 0.25) is 23.6 Å². The van der Waals surface area contributed by atoms with Crippen molar-refractivity contribution in [3.63, 3.8) is 0 Å². The number of nitrogens with one attached hydrogen (secondary N) is 5. The van der Waals surface area contributed by atoms with Crippen molar-refractivity contribution in [2.45, 2.75) is 101 Å². The number of pyridine rings is 2. The number of amides is 8. The van der Waals surface area contributed by atoms with E-state index in [4.69, 9.17) is 0 Å². The van der Waals surface area contributed by atoms with E-state index in [2.05, 4.69) is 86.7 Å². The monoisotopic (exact) mass is 1540 g/mol. The van der Waals surface area contributed by atoms with Gasteiger partial charge in [-0.3, -0.25) is 99.0 Å². The van der Waals surface area contributed by atoms with Gasteiger partial charge in [0.1, 0.15) is 40.9 Å². The Morgan fingerprint density at radius 1 is 0.434 bits per heavy atom. The number of carbonyl (C=O) groups excluding carboxylic acids is 8. The lowest BCUT2D eigenvalue weighted by Gasteiger charge is -2.43. The SMILES string of the molecule is O=C1CCC(N2C(=O)c3ccc(F)cc3C2=O)C(=O)N1.O=C1CCC(N2C(=O)c3ccc(N4CCC(N5CCC(CN6CCN(c7cc(-c8n[nH]c9ccc([N+](=O)[O-])cc89)ccn7)CC6)CC5)CC4)cc3C2=O)C(=O)N1.O=[N+]([O-])c1ccc2[nH]nc(-c3ccnc(N4CCN(CC5CCN(C6CCNCC6)CC5)CC4)c3)c2c1. The topological polar surface area (TPSA) is 371 Å². The van der Waals surface area contributed by atoms with Crippen LogP contribution in [0.4, 0.5) is 33.1 Å². The Balaban J connectivity index is 0.000000144. The smallest absolute Gasteiger partial charge is 0.270 e. The summed E-state index contributed by atoms with van der Waals surface area (Å²) in [5.41, 5.74) is 6.39. The number of H-pyrrole nitrogens is 2. The van der Waals surface area contributed by atoms with Crippen LogP contribution in [-0.4, -0.2) is 259 Å². The summed E-state index contributed by atoms with van der Waals surface area (Å²) in [5.74, 6) is -1.73. The van der Waals surface area contributed by atoms with Crippen molar-refractivity contribution in [2.75, 3.05) is 133 Å². The highest BCUT2D eigenvalue weighted by Crippen LogP contribution is 2.37. The number of non-ortho nitro benzene ring substituents is 2. The number of anilines is 3. The van der Waals surface area contributed by atoms with E-state index in [0.29, 0.717) is 34.2 Å². The summed E-state index contributed by atoms with van der Waals surface area (Å²) >= 11 is 0. The molecule has 588 valence electrons. The number of hydrogen-bond donors (Lipinski definition) is 5. The van der Waals surface area contributed by atoms with Gasteiger partial charge >= 0.3 is 0 Å². The van der Waals surface area contributed by atoms with Crippen LogP contribution in [0.5, 0.6) is 0 Å². The molecule has 113 heavy (non-hydrogen) atoms. The number of benzene rings is 4. The van der Waals surface area contributed by atoms with Gasteiger partial charge in [-0.2, -0.15) is 10.2 Å². The molecule has 8 aromatic rings. The van der Waals surface area contributed by atoms with Crippen molar-refractivity contribution >= 4 is 97.8 Å². The molecule has 8 fully saturated rings. The average molecular weight is 1540 g/mol. The van der Waals surface area contributed by atoms with Crippen LogP contribution in [0.2, 0.25) is 0 Å². The highest BCUT2D eigenvalue weighted by Gasteiger charge is 2.47. The maximum absolute atomic E-state index is 13.3. The molecule has 0 saturated carbocycles. The maximum atomic E-state index is 13.3. The number of carbonyl (C=O) groups is 8. The summed E-state index contributed by atoms with van der Waals surface area (Å²) in [6.45, 7) is 18.8. The molecule has 4 aromatic carbocycles. The molecule has 33 heteroatoms. The predicted octanol–water partition coefficient (Wildman–Crippen LogP) is 6.78. The number of imide groups is 4. The highest BCUT2D eigenvalue weighted by molar-refractivity contribution is 6.24. The molecule has 18 rings (SSSR count). The number of piperidine rings is 6. The van der Waals surface area contributed by atoms with Gasteiger partial charge < -0.3 is 29.8 Å². The zero-order valence-electron chi connectivity index (χ0n) is 62.6. The molecule has 14 heterocycles. The van der Waals surface area contributed by atoms with E-state index in [0.717, 1.165) is 182 Å². The van der Waals surface area contributed by atoms with Crippen LogP contribution in [0, 0.1) is 37.9 Å². The summed E-state index contributed by atoms with van der Waals surface area (Å²) in [5, 5.41) is 46.8. The number of likely N-dealkylation sites (tertiary alicyclic amines) is 2. The first kappa shape index (κ1) is 75.6. The fourth-order valence-corrected chi connectivity index (χ4v) is 18.0. The molecule has 0 bridgehead atoms. The normalized spacial score (nSPS) is 21.7. The van der Waals surface area contributed by atoms with Gasteiger partial charge in [0.25, 0.3) is 35.0 Å². The van der Waals surface area contributed by atoms with Crippen LogP contribution in [-0.2, 0) is 19.2 Å². The predicted molar refractivity (Wildman–Crippen MR) is 415 cm³/mol. The lowest BCUT2D eigenvalue weighted by molar-refractivity contribution is -0.384. The van der Waals surface area contributed by atoms with E-state index in [9.17, 15) is 63.0 Å². The second-order valence-electron chi connectivity index (χ2n) is 31.0. The third-order valence-corrected chi connectivity index (χ3v) is 24.3. The van der Waals surface area contributed by atoms with Crippen molar-refractivity contribution < 1.29 is 52.6 Å². The molecular formula is C80H89FN20O12. The molecule has 8 amide bonds. The van der Waals surface area contributed by atoms with E-state index >= 15 is 0 Å². The number of piperazine rings is 2. The summed E-state index contributed by atoms with van der Waals surface area (Å²) in [6.07, 6.45) is 13.7. The number of hydrogen-bond acceptors (Lipinski definition) is 24. The number of fused-ring (bicyclic) bond motifs is 4. The molecule has 2 unspecified atom stereocenters. The number of aromatic nitrogens is 6. The van der Waals surface area contributed by atoms with E-state index < -0.39 is 59.3 Å². The van der Waals surface area contributed by atoms with Crippen molar-refractivity contribution in [1.29, 1.82) is 0 Å². The minimum atomic E-state index is -1.02. The molecule has 0 aliphatic carbocycles. The first-order chi connectivity index (χ1) is 54.8. The quantitative estimate of drug-likeness (QED) is 0.0401. The summed E-state index contributed by atoms with van der Waals surface area (Å²) in [6, 6.07) is 25.4. The van der Waals surface area contributed by atoms with Crippen LogP contribution >= 0.6 is 0 Å². The van der Waals surface area contributed by atoms with E-state index in [1.165, 1.54) is 89.4 Å². The van der Waals surface area contributed by atoms with Crippen LogP contribution in [0.3, 0.4) is 0 Å². The number of rotatable bonds is 15. The van der Waals surface area contributed by atoms with Gasteiger partial charge in [-0.15, -0.1) is 0 Å². The zero-order valence-corrected chi connectivity index (χ0v) is 62.6. The van der Waals surface area contributed by atoms with Gasteiger partial charge in [0.15, 0.2) is 0 Å². The lowest BCUT2D eigenvalue weighted by atomic mass is 9.92. The average Bonchev–Trinajstić information content (AvgIpc) is 1.62. The third-order valence-electron chi connectivity index (χ3n) is 24.3. The molecule has 0 spiro atoms. The lowest BCUT2D eigenvalue weighted by Crippen LogP contribution is -2.54. The first-order valence-corrected chi connectivity index (χ1v) is 39.3. The Bertz CT molecular complexity index is 5030. The molecule has 0 radical (unpaired) electrons. The summed E-state index contributed by atoms with van der Waals surface area (Å²) < 4.78 is 13.2. The molecule has 4 aromatic heterocycles. The zero-order chi connectivity index (χ0) is 78.1. The van der Waals surface area contributed by atoms with Crippen molar-refractivity contribution in [1.82, 2.24) is 75.7 Å². The Kier molecular flexibility index (Phi) is 21.9. The number of nitro groups is 2. The summed E-state index contributed by atoms with van der Waals surface area (Å²) in [7, 11) is 0. The van der Waals surface area contributed by atoms with Gasteiger partial charge in [-0.05, 0) is 188 Å². The number of aromatic amines is 2. The van der Waals surface area contributed by atoms with E-state index in [1.807, 2.05) is 30.5 Å². The van der Waals surface area contributed by atoms with Gasteiger partial charge in [0, 0.05) is 168 Å². The molecule has 32 nitrogen and oxygen atoms in total. The Morgan fingerprint density at radius 3 is 1.32 bits per heavy atom. The summed E-state index contributed by atoms with van der Waals surface area (Å²) in [4.78, 5) is 148. The second-order valence-corrected chi connectivity index (χ2v) is 31.0. The van der Waals surface area contributed by atoms with Crippen LogP contribution in [0.15, 0.2) is 109 Å². The van der Waals surface area contributed by atoms with Crippen LogP contribution in [0.25, 0.3) is 44.3 Å². The maximum Gasteiger partial charge on any atom is 0.270 e. The first-order valence-electron chi connectivity index (χ1n) is 39.3. The molecular weight excluding hydrogens is 1450 g/mol. The Labute approximate surface area is 649 Å². The molecule has 10 aliphatic rings. The second kappa shape index (κ2) is 32.7. The highest BCUT2D eigenvalue weighted by atomic mass is 19.1. The Morgan fingerprint density at radius 2 is 0.867 bits per heavy atom.